The van der Waals surface area contributed by atoms with Gasteiger partial charge in [-0.1, -0.05) is 11.6 Å². The van der Waals surface area contributed by atoms with Gasteiger partial charge in [-0.05, 0) is 39.3 Å². The number of hydrogen-bond acceptors (Lipinski definition) is 5. The summed E-state index contributed by atoms with van der Waals surface area (Å²) < 4.78 is 5.08. The second-order valence-electron chi connectivity index (χ2n) is 4.98. The molecule has 1 rings (SSSR count). The molecule has 0 spiro atoms. The first kappa shape index (κ1) is 17.6. The molecule has 118 valence electrons. The van der Waals surface area contributed by atoms with Crippen molar-refractivity contribution in [2.45, 2.75) is 33.2 Å². The molecule has 0 saturated heterocycles. The van der Waals surface area contributed by atoms with E-state index >= 15 is 0 Å². The second kappa shape index (κ2) is 8.10. The third-order valence-electron chi connectivity index (χ3n) is 3.05. The number of nitrogen functional groups attached to an aromatic ring is 1. The van der Waals surface area contributed by atoms with Gasteiger partial charge in [0.25, 0.3) is 0 Å². The molecule has 0 aliphatic rings. The van der Waals surface area contributed by atoms with Crippen LogP contribution < -0.4 is 10.6 Å². The van der Waals surface area contributed by atoms with Crippen LogP contribution in [0, 0.1) is 0 Å². The number of carbonyl (C=O) groups excluding carboxylic acids is 1. The number of aliphatic hydroxyl groups is 1. The van der Waals surface area contributed by atoms with Crippen molar-refractivity contribution >= 4 is 28.9 Å². The fourth-order valence-corrected chi connectivity index (χ4v) is 2.48. The van der Waals surface area contributed by atoms with Crippen LogP contribution in [0.25, 0.3) is 0 Å². The molecule has 1 aromatic rings. The number of ether oxygens (including phenoxy) is 1. The van der Waals surface area contributed by atoms with Gasteiger partial charge in [-0.25, -0.2) is 4.79 Å². The first-order valence-corrected chi connectivity index (χ1v) is 7.43. The van der Waals surface area contributed by atoms with Crippen molar-refractivity contribution in [3.8, 4) is 0 Å². The topological polar surface area (TPSA) is 75.8 Å². The number of carbonyl (C=O) groups is 1. The molecule has 6 heteroatoms. The van der Waals surface area contributed by atoms with E-state index < -0.39 is 5.97 Å². The smallest absolute Gasteiger partial charge is 0.340 e. The Morgan fingerprint density at radius 1 is 1.48 bits per heavy atom. The molecule has 0 aliphatic heterocycles. The summed E-state index contributed by atoms with van der Waals surface area (Å²) in [7, 11) is 0. The van der Waals surface area contributed by atoms with Gasteiger partial charge >= 0.3 is 5.97 Å². The molecule has 0 heterocycles. The van der Waals surface area contributed by atoms with E-state index in [4.69, 9.17) is 27.2 Å². The Balaban J connectivity index is 3.32. The van der Waals surface area contributed by atoms with Crippen molar-refractivity contribution in [1.82, 2.24) is 0 Å². The maximum atomic E-state index is 12.2. The van der Waals surface area contributed by atoms with Gasteiger partial charge < -0.3 is 20.5 Å². The van der Waals surface area contributed by atoms with Crippen LogP contribution in [0.5, 0.6) is 0 Å². The maximum absolute atomic E-state index is 12.2. The second-order valence-corrected chi connectivity index (χ2v) is 5.39. The average molecular weight is 315 g/mol. The first-order chi connectivity index (χ1) is 9.92. The van der Waals surface area contributed by atoms with Crippen molar-refractivity contribution in [2.75, 3.05) is 30.4 Å². The monoisotopic (exact) mass is 314 g/mol. The Hall–Kier alpha value is -1.46. The largest absolute Gasteiger partial charge is 0.462 e. The number of aliphatic hydroxyl groups excluding tert-OH is 1. The molecule has 0 amide bonds. The fraction of sp³-hybridized carbons (Fsp3) is 0.533. The number of nitrogens with two attached hydrogens (primary N) is 1. The molecular formula is C15H23ClN2O3. The van der Waals surface area contributed by atoms with E-state index in [2.05, 4.69) is 0 Å². The van der Waals surface area contributed by atoms with E-state index in [0.29, 0.717) is 34.9 Å². The van der Waals surface area contributed by atoms with E-state index in [1.165, 1.54) is 0 Å². The van der Waals surface area contributed by atoms with E-state index in [0.717, 1.165) is 0 Å². The molecule has 1 aromatic carbocycles. The number of benzene rings is 1. The van der Waals surface area contributed by atoms with Crippen LogP contribution in [0.15, 0.2) is 12.1 Å². The van der Waals surface area contributed by atoms with Crippen molar-refractivity contribution in [1.29, 1.82) is 0 Å². The van der Waals surface area contributed by atoms with E-state index in [1.807, 2.05) is 18.7 Å². The highest BCUT2D eigenvalue weighted by molar-refractivity contribution is 6.34. The minimum atomic E-state index is -0.448. The zero-order chi connectivity index (χ0) is 16.0. The van der Waals surface area contributed by atoms with Gasteiger partial charge in [0.05, 0.1) is 22.9 Å². The van der Waals surface area contributed by atoms with Gasteiger partial charge in [-0.3, -0.25) is 0 Å². The molecule has 0 aromatic heterocycles. The van der Waals surface area contributed by atoms with Crippen LogP contribution in [0.3, 0.4) is 0 Å². The minimum absolute atomic E-state index is 0.0740. The van der Waals surface area contributed by atoms with Gasteiger partial charge in [-0.2, -0.15) is 0 Å². The van der Waals surface area contributed by atoms with Gasteiger partial charge in [-0.15, -0.1) is 0 Å². The van der Waals surface area contributed by atoms with Crippen molar-refractivity contribution < 1.29 is 14.6 Å². The minimum Gasteiger partial charge on any atom is -0.462 e. The van der Waals surface area contributed by atoms with Crippen LogP contribution >= 0.6 is 11.6 Å². The highest BCUT2D eigenvalue weighted by Crippen LogP contribution is 2.34. The van der Waals surface area contributed by atoms with E-state index in [1.54, 1.807) is 19.1 Å². The van der Waals surface area contributed by atoms with Gasteiger partial charge in [0.15, 0.2) is 0 Å². The normalized spacial score (nSPS) is 10.8. The highest BCUT2D eigenvalue weighted by Gasteiger charge is 2.23. The predicted molar refractivity (Wildman–Crippen MR) is 86.0 cm³/mol. The van der Waals surface area contributed by atoms with Gasteiger partial charge in [0.1, 0.15) is 0 Å². The molecule has 0 atom stereocenters. The van der Waals surface area contributed by atoms with Crippen LogP contribution in [0.1, 0.15) is 37.6 Å². The summed E-state index contributed by atoms with van der Waals surface area (Å²) in [6.07, 6.45) is 0.584. The highest BCUT2D eigenvalue weighted by atomic mass is 35.5. The number of halogens is 1. The third kappa shape index (κ3) is 4.51. The van der Waals surface area contributed by atoms with E-state index in [-0.39, 0.29) is 19.3 Å². The zero-order valence-corrected chi connectivity index (χ0v) is 13.5. The van der Waals surface area contributed by atoms with E-state index in [9.17, 15) is 4.79 Å². The lowest BCUT2D eigenvalue weighted by Crippen LogP contribution is -2.34. The molecular weight excluding hydrogens is 292 g/mol. The summed E-state index contributed by atoms with van der Waals surface area (Å²) in [5.74, 6) is -0.448. The predicted octanol–water partition coefficient (Wildman–Crippen LogP) is 2.70. The number of nitrogens with zero attached hydrogens (tertiary/aromatic N) is 1. The summed E-state index contributed by atoms with van der Waals surface area (Å²) in [6.45, 7) is 6.69. The molecule has 0 saturated carbocycles. The lowest BCUT2D eigenvalue weighted by Gasteiger charge is -2.31. The summed E-state index contributed by atoms with van der Waals surface area (Å²) in [5, 5.41) is 9.46. The summed E-state index contributed by atoms with van der Waals surface area (Å²) >= 11 is 6.30. The van der Waals surface area contributed by atoms with Crippen molar-refractivity contribution in [2.24, 2.45) is 0 Å². The molecule has 5 nitrogen and oxygen atoms in total. The van der Waals surface area contributed by atoms with Crippen LogP contribution in [0.2, 0.25) is 5.02 Å². The molecule has 3 N–H and O–H groups in total. The van der Waals surface area contributed by atoms with Crippen molar-refractivity contribution in [3.63, 3.8) is 0 Å². The average Bonchev–Trinajstić information content (AvgIpc) is 2.40. The fourth-order valence-electron chi connectivity index (χ4n) is 2.15. The summed E-state index contributed by atoms with van der Waals surface area (Å²) in [6, 6.07) is 3.31. The quantitative estimate of drug-likeness (QED) is 0.598. The Morgan fingerprint density at radius 2 is 2.14 bits per heavy atom. The Morgan fingerprint density at radius 3 is 2.67 bits per heavy atom. The van der Waals surface area contributed by atoms with Crippen LogP contribution in [-0.4, -0.2) is 36.9 Å². The molecule has 21 heavy (non-hydrogen) atoms. The van der Waals surface area contributed by atoms with Crippen molar-refractivity contribution in [3.05, 3.63) is 22.7 Å². The Kier molecular flexibility index (Phi) is 6.78. The SMILES string of the molecule is CCOC(=O)c1cc(N)cc(Cl)c1N(CCCO)C(C)C. The molecule has 0 aliphatic carbocycles. The van der Waals surface area contributed by atoms with Crippen LogP contribution in [-0.2, 0) is 4.74 Å². The van der Waals surface area contributed by atoms with Gasteiger partial charge in [0.2, 0.25) is 0 Å². The number of esters is 1. The first-order valence-electron chi connectivity index (χ1n) is 7.06. The Labute approximate surface area is 130 Å². The summed E-state index contributed by atoms with van der Waals surface area (Å²) in [5.41, 5.74) is 7.16. The standard InChI is InChI=1S/C15H23ClN2O3/c1-4-21-15(20)12-8-11(17)9-13(16)14(12)18(10(2)3)6-5-7-19/h8-10,19H,4-7,17H2,1-3H3. The molecule has 0 bridgehead atoms. The number of hydrogen-bond donors (Lipinski definition) is 2. The molecule has 0 radical (unpaired) electrons. The molecule has 0 unspecified atom stereocenters. The van der Waals surface area contributed by atoms with Crippen LogP contribution in [0.4, 0.5) is 11.4 Å². The summed E-state index contributed by atoms with van der Waals surface area (Å²) in [4.78, 5) is 14.1. The lowest BCUT2D eigenvalue weighted by molar-refractivity contribution is 0.0527. The molecule has 0 fully saturated rings. The number of rotatable bonds is 7. The lowest BCUT2D eigenvalue weighted by atomic mass is 10.1. The zero-order valence-electron chi connectivity index (χ0n) is 12.7. The van der Waals surface area contributed by atoms with Gasteiger partial charge in [0, 0.05) is 24.9 Å². The third-order valence-corrected chi connectivity index (χ3v) is 3.34. The Bertz CT molecular complexity index is 492. The maximum Gasteiger partial charge on any atom is 0.340 e. The number of anilines is 2.